The topological polar surface area (TPSA) is 89.4 Å². The smallest absolute Gasteiger partial charge is 0.410 e. The number of aromatic nitrogens is 3. The zero-order valence-corrected chi connectivity index (χ0v) is 16.6. The molecule has 2 heterocycles. The predicted octanol–water partition coefficient (Wildman–Crippen LogP) is 2.46. The minimum atomic E-state index is -0.498. The van der Waals surface area contributed by atoms with Gasteiger partial charge in [-0.1, -0.05) is 12.1 Å². The Bertz CT molecular complexity index is 788. The Morgan fingerprint density at radius 3 is 2.43 bits per heavy atom. The lowest BCUT2D eigenvalue weighted by molar-refractivity contribution is 0.0199. The summed E-state index contributed by atoms with van der Waals surface area (Å²) < 4.78 is 7.13. The summed E-state index contributed by atoms with van der Waals surface area (Å²) in [4.78, 5) is 30.2. The van der Waals surface area contributed by atoms with E-state index in [2.05, 4.69) is 15.4 Å². The first-order valence-electron chi connectivity index (χ1n) is 9.50. The van der Waals surface area contributed by atoms with Crippen LogP contribution in [0.3, 0.4) is 0 Å². The first kappa shape index (κ1) is 19.9. The fraction of sp³-hybridized carbons (Fsp3) is 0.500. The highest BCUT2D eigenvalue weighted by Gasteiger charge is 2.27. The Labute approximate surface area is 164 Å². The van der Waals surface area contributed by atoms with Gasteiger partial charge in [0, 0.05) is 24.7 Å². The Balaban J connectivity index is 1.47. The summed E-state index contributed by atoms with van der Waals surface area (Å²) in [5, 5.41) is 7.14. The van der Waals surface area contributed by atoms with Crippen LogP contribution in [0.2, 0.25) is 0 Å². The standard InChI is InChI=1S/C20H27N5O3/c1-20(2,3)28-19(27)24-10-8-17(9-11-24)23-18(26)16-6-4-15(5-7-16)12-25-14-21-13-22-25/h4-7,13-14,17H,8-12H2,1-3H3,(H,23,26). The Kier molecular flexibility index (Phi) is 5.96. The van der Waals surface area contributed by atoms with E-state index in [4.69, 9.17) is 4.74 Å². The SMILES string of the molecule is CC(C)(C)OC(=O)N1CCC(NC(=O)c2ccc(Cn3cncn3)cc2)CC1. The van der Waals surface area contributed by atoms with E-state index >= 15 is 0 Å². The van der Waals surface area contributed by atoms with Crippen molar-refractivity contribution >= 4 is 12.0 Å². The van der Waals surface area contributed by atoms with E-state index in [1.165, 1.54) is 6.33 Å². The summed E-state index contributed by atoms with van der Waals surface area (Å²) in [5.41, 5.74) is 1.17. The van der Waals surface area contributed by atoms with Crippen molar-refractivity contribution in [3.05, 3.63) is 48.0 Å². The van der Waals surface area contributed by atoms with E-state index in [1.807, 2.05) is 45.0 Å². The first-order chi connectivity index (χ1) is 13.3. The second-order valence-electron chi connectivity index (χ2n) is 8.01. The summed E-state index contributed by atoms with van der Waals surface area (Å²) >= 11 is 0. The van der Waals surface area contributed by atoms with Crippen molar-refractivity contribution in [1.82, 2.24) is 25.0 Å². The molecule has 1 saturated heterocycles. The van der Waals surface area contributed by atoms with Crippen molar-refractivity contribution in [3.63, 3.8) is 0 Å². The summed E-state index contributed by atoms with van der Waals surface area (Å²) in [6.45, 7) is 7.34. The van der Waals surface area contributed by atoms with Crippen LogP contribution in [-0.4, -0.2) is 56.4 Å². The molecule has 1 aliphatic heterocycles. The third-order valence-electron chi connectivity index (χ3n) is 4.51. The zero-order chi connectivity index (χ0) is 20.1. The minimum absolute atomic E-state index is 0.0565. The molecule has 2 amide bonds. The van der Waals surface area contributed by atoms with Crippen molar-refractivity contribution in [2.75, 3.05) is 13.1 Å². The molecule has 0 radical (unpaired) electrons. The maximum absolute atomic E-state index is 12.5. The first-order valence-corrected chi connectivity index (χ1v) is 9.50. The lowest BCUT2D eigenvalue weighted by Gasteiger charge is -2.33. The average molecular weight is 385 g/mol. The maximum atomic E-state index is 12.5. The van der Waals surface area contributed by atoms with Gasteiger partial charge in [-0.05, 0) is 51.3 Å². The molecular weight excluding hydrogens is 358 g/mol. The average Bonchev–Trinajstić information content (AvgIpc) is 3.14. The van der Waals surface area contributed by atoms with Crippen molar-refractivity contribution in [1.29, 1.82) is 0 Å². The molecule has 3 rings (SSSR count). The van der Waals surface area contributed by atoms with E-state index in [9.17, 15) is 9.59 Å². The molecule has 1 fully saturated rings. The van der Waals surface area contributed by atoms with E-state index in [1.54, 1.807) is 15.9 Å². The van der Waals surface area contributed by atoms with Crippen LogP contribution in [0.5, 0.6) is 0 Å². The number of carbonyl (C=O) groups excluding carboxylic acids is 2. The van der Waals surface area contributed by atoms with Gasteiger partial charge in [0.05, 0.1) is 6.54 Å². The Morgan fingerprint density at radius 2 is 1.86 bits per heavy atom. The molecule has 0 unspecified atom stereocenters. The zero-order valence-electron chi connectivity index (χ0n) is 16.6. The van der Waals surface area contributed by atoms with Gasteiger partial charge in [-0.25, -0.2) is 14.5 Å². The molecule has 8 heteroatoms. The third kappa shape index (κ3) is 5.55. The summed E-state index contributed by atoms with van der Waals surface area (Å²) in [7, 11) is 0. The largest absolute Gasteiger partial charge is 0.444 e. The van der Waals surface area contributed by atoms with Crippen LogP contribution in [0.15, 0.2) is 36.9 Å². The number of ether oxygens (including phenoxy) is 1. The number of amides is 2. The molecule has 0 saturated carbocycles. The summed E-state index contributed by atoms with van der Waals surface area (Å²) in [5.74, 6) is -0.0944. The molecule has 1 aliphatic rings. The second-order valence-corrected chi connectivity index (χ2v) is 8.01. The van der Waals surface area contributed by atoms with Gasteiger partial charge in [-0.15, -0.1) is 0 Å². The molecule has 1 aromatic heterocycles. The fourth-order valence-corrected chi connectivity index (χ4v) is 3.06. The monoisotopic (exact) mass is 385 g/mol. The van der Waals surface area contributed by atoms with Gasteiger partial charge in [-0.2, -0.15) is 5.10 Å². The van der Waals surface area contributed by atoms with Crippen LogP contribution in [-0.2, 0) is 11.3 Å². The predicted molar refractivity (Wildman–Crippen MR) is 104 cm³/mol. The summed E-state index contributed by atoms with van der Waals surface area (Å²) in [6.07, 6.45) is 4.30. The highest BCUT2D eigenvalue weighted by molar-refractivity contribution is 5.94. The molecule has 1 aromatic carbocycles. The van der Waals surface area contributed by atoms with Gasteiger partial charge in [-0.3, -0.25) is 4.79 Å². The van der Waals surface area contributed by atoms with Crippen molar-refractivity contribution < 1.29 is 14.3 Å². The number of benzene rings is 1. The van der Waals surface area contributed by atoms with E-state index in [-0.39, 0.29) is 18.0 Å². The van der Waals surface area contributed by atoms with Crippen LogP contribution in [0.1, 0.15) is 49.5 Å². The van der Waals surface area contributed by atoms with Crippen molar-refractivity contribution in [3.8, 4) is 0 Å². The molecule has 0 spiro atoms. The van der Waals surface area contributed by atoms with Gasteiger partial charge in [0.15, 0.2) is 0 Å². The number of nitrogens with one attached hydrogen (secondary N) is 1. The van der Waals surface area contributed by atoms with Crippen molar-refractivity contribution in [2.45, 2.75) is 51.8 Å². The molecule has 8 nitrogen and oxygen atoms in total. The number of rotatable bonds is 4. The number of likely N-dealkylation sites (tertiary alicyclic amines) is 1. The molecule has 0 aliphatic carbocycles. The molecule has 0 atom stereocenters. The fourth-order valence-electron chi connectivity index (χ4n) is 3.06. The molecular formula is C20H27N5O3. The van der Waals surface area contributed by atoms with Crippen molar-refractivity contribution in [2.24, 2.45) is 0 Å². The second kappa shape index (κ2) is 8.41. The quantitative estimate of drug-likeness (QED) is 0.873. The number of nitrogens with zero attached hydrogens (tertiary/aromatic N) is 4. The normalized spacial score (nSPS) is 15.3. The highest BCUT2D eigenvalue weighted by Crippen LogP contribution is 2.16. The van der Waals surface area contributed by atoms with Crippen LogP contribution in [0.4, 0.5) is 4.79 Å². The minimum Gasteiger partial charge on any atom is -0.444 e. The number of piperidine rings is 1. The number of hydrogen-bond donors (Lipinski definition) is 1. The molecule has 2 aromatic rings. The number of hydrogen-bond acceptors (Lipinski definition) is 5. The van der Waals surface area contributed by atoms with Gasteiger partial charge in [0.1, 0.15) is 18.3 Å². The van der Waals surface area contributed by atoms with Crippen LogP contribution >= 0.6 is 0 Å². The lowest BCUT2D eigenvalue weighted by atomic mass is 10.0. The van der Waals surface area contributed by atoms with Gasteiger partial charge >= 0.3 is 6.09 Å². The molecule has 28 heavy (non-hydrogen) atoms. The van der Waals surface area contributed by atoms with Crippen LogP contribution in [0, 0.1) is 0 Å². The highest BCUT2D eigenvalue weighted by atomic mass is 16.6. The Morgan fingerprint density at radius 1 is 1.18 bits per heavy atom. The molecule has 0 bridgehead atoms. The van der Waals surface area contributed by atoms with E-state index < -0.39 is 5.60 Å². The van der Waals surface area contributed by atoms with Gasteiger partial charge in [0.25, 0.3) is 5.91 Å². The molecule has 150 valence electrons. The lowest BCUT2D eigenvalue weighted by Crippen LogP contribution is -2.47. The van der Waals surface area contributed by atoms with Gasteiger partial charge < -0.3 is 15.0 Å². The van der Waals surface area contributed by atoms with Gasteiger partial charge in [0.2, 0.25) is 0 Å². The molecule has 1 N–H and O–H groups in total. The van der Waals surface area contributed by atoms with E-state index in [0.717, 1.165) is 18.4 Å². The Hall–Kier alpha value is -2.90. The van der Waals surface area contributed by atoms with Crippen LogP contribution < -0.4 is 5.32 Å². The maximum Gasteiger partial charge on any atom is 0.410 e. The van der Waals surface area contributed by atoms with Crippen LogP contribution in [0.25, 0.3) is 0 Å². The summed E-state index contributed by atoms with van der Waals surface area (Å²) in [6, 6.07) is 7.53. The third-order valence-corrected chi connectivity index (χ3v) is 4.51. The number of carbonyl (C=O) groups is 2. The van der Waals surface area contributed by atoms with E-state index in [0.29, 0.717) is 25.2 Å².